The van der Waals surface area contributed by atoms with Crippen LogP contribution in [0, 0.1) is 11.3 Å². The van der Waals surface area contributed by atoms with Crippen molar-refractivity contribution in [1.82, 2.24) is 4.90 Å². The highest BCUT2D eigenvalue weighted by Crippen LogP contribution is 2.41. The van der Waals surface area contributed by atoms with Gasteiger partial charge in [0.05, 0.1) is 27.9 Å². The number of anilines is 1. The maximum absolute atomic E-state index is 13.2. The van der Waals surface area contributed by atoms with Crippen molar-refractivity contribution in [3.63, 3.8) is 0 Å². The van der Waals surface area contributed by atoms with Gasteiger partial charge in [0.15, 0.2) is 0 Å². The number of amides is 2. The molecule has 33 heavy (non-hydrogen) atoms. The van der Waals surface area contributed by atoms with Gasteiger partial charge in [-0.25, -0.2) is 0 Å². The van der Waals surface area contributed by atoms with Crippen LogP contribution < -0.4 is 5.32 Å². The summed E-state index contributed by atoms with van der Waals surface area (Å²) < 4.78 is 39.1. The minimum atomic E-state index is -4.59. The zero-order valence-corrected chi connectivity index (χ0v) is 18.0. The van der Waals surface area contributed by atoms with Crippen LogP contribution in [-0.4, -0.2) is 34.6 Å². The topological polar surface area (TPSA) is 85.6 Å². The average Bonchev–Trinajstić information content (AvgIpc) is 3.35. The SMILES string of the molecule is N#Cc1ccc(C2=NC3(CCCC3)N(CC(=O)Nc3cc(C(F)(F)F)ccc3Cl)C2=O)cc1. The van der Waals surface area contributed by atoms with E-state index in [1.165, 1.54) is 4.90 Å². The minimum Gasteiger partial charge on any atom is -0.323 e. The zero-order chi connectivity index (χ0) is 23.8. The first-order valence-corrected chi connectivity index (χ1v) is 10.6. The van der Waals surface area contributed by atoms with Gasteiger partial charge in [0.1, 0.15) is 17.9 Å². The van der Waals surface area contributed by atoms with E-state index in [0.717, 1.165) is 31.0 Å². The van der Waals surface area contributed by atoms with Gasteiger partial charge in [-0.1, -0.05) is 23.7 Å². The van der Waals surface area contributed by atoms with Crippen molar-refractivity contribution in [3.05, 3.63) is 64.2 Å². The maximum atomic E-state index is 13.2. The Labute approximate surface area is 192 Å². The number of carbonyl (C=O) groups is 2. The van der Waals surface area contributed by atoms with E-state index >= 15 is 0 Å². The summed E-state index contributed by atoms with van der Waals surface area (Å²) in [6, 6.07) is 11.1. The Morgan fingerprint density at radius 2 is 1.85 bits per heavy atom. The second-order valence-electron chi connectivity index (χ2n) is 7.97. The molecule has 1 spiro atoms. The van der Waals surface area contributed by atoms with E-state index in [1.54, 1.807) is 24.3 Å². The Bertz CT molecular complexity index is 1180. The monoisotopic (exact) mass is 474 g/mol. The molecule has 0 radical (unpaired) electrons. The molecule has 2 aromatic carbocycles. The Balaban J connectivity index is 1.57. The average molecular weight is 475 g/mol. The largest absolute Gasteiger partial charge is 0.416 e. The summed E-state index contributed by atoms with van der Waals surface area (Å²) in [7, 11) is 0. The Morgan fingerprint density at radius 3 is 2.45 bits per heavy atom. The van der Waals surface area contributed by atoms with Gasteiger partial charge in [0.25, 0.3) is 5.91 Å². The summed E-state index contributed by atoms with van der Waals surface area (Å²) in [5.41, 5.74) is -0.820. The summed E-state index contributed by atoms with van der Waals surface area (Å²) >= 11 is 5.98. The molecule has 1 saturated carbocycles. The molecule has 1 aliphatic heterocycles. The number of hydrogen-bond acceptors (Lipinski definition) is 4. The normalized spacial score (nSPS) is 17.2. The molecule has 170 valence electrons. The molecule has 4 rings (SSSR count). The predicted octanol–water partition coefficient (Wildman–Crippen LogP) is 4.77. The Kier molecular flexibility index (Phi) is 5.89. The lowest BCUT2D eigenvalue weighted by molar-refractivity contribution is -0.137. The van der Waals surface area contributed by atoms with Gasteiger partial charge in [-0.2, -0.15) is 18.4 Å². The highest BCUT2D eigenvalue weighted by atomic mass is 35.5. The van der Waals surface area contributed by atoms with Crippen LogP contribution in [0.3, 0.4) is 0 Å². The lowest BCUT2D eigenvalue weighted by Crippen LogP contribution is -2.48. The first-order chi connectivity index (χ1) is 15.6. The number of aliphatic imine (C=N–C) groups is 1. The van der Waals surface area contributed by atoms with Gasteiger partial charge < -0.3 is 10.2 Å². The van der Waals surface area contributed by atoms with Crippen molar-refractivity contribution in [2.75, 3.05) is 11.9 Å². The van der Waals surface area contributed by atoms with Crippen LogP contribution in [0.25, 0.3) is 0 Å². The summed E-state index contributed by atoms with van der Waals surface area (Å²) in [5.74, 6) is -1.11. The highest BCUT2D eigenvalue weighted by molar-refractivity contribution is 6.47. The molecule has 0 saturated heterocycles. The van der Waals surface area contributed by atoms with Crippen molar-refractivity contribution in [2.24, 2.45) is 4.99 Å². The number of rotatable bonds is 4. The fraction of sp³-hybridized carbons (Fsp3) is 0.304. The molecular formula is C23H18ClF3N4O2. The summed E-state index contributed by atoms with van der Waals surface area (Å²) in [5, 5.41) is 11.3. The molecule has 0 unspecified atom stereocenters. The van der Waals surface area contributed by atoms with Crippen molar-refractivity contribution >= 4 is 34.8 Å². The Hall–Kier alpha value is -3.38. The quantitative estimate of drug-likeness (QED) is 0.692. The molecule has 2 amide bonds. The number of nitrogens with one attached hydrogen (secondary N) is 1. The van der Waals surface area contributed by atoms with E-state index in [0.29, 0.717) is 24.0 Å². The smallest absolute Gasteiger partial charge is 0.323 e. The lowest BCUT2D eigenvalue weighted by atomic mass is 10.1. The van der Waals surface area contributed by atoms with Crippen LogP contribution in [0.5, 0.6) is 0 Å². The van der Waals surface area contributed by atoms with E-state index in [4.69, 9.17) is 16.9 Å². The van der Waals surface area contributed by atoms with Gasteiger partial charge in [0, 0.05) is 5.56 Å². The summed E-state index contributed by atoms with van der Waals surface area (Å²) in [6.07, 6.45) is -1.77. The van der Waals surface area contributed by atoms with Crippen LogP contribution in [0.4, 0.5) is 18.9 Å². The van der Waals surface area contributed by atoms with Crippen molar-refractivity contribution < 1.29 is 22.8 Å². The maximum Gasteiger partial charge on any atom is 0.416 e. The van der Waals surface area contributed by atoms with Crippen molar-refractivity contribution in [3.8, 4) is 6.07 Å². The van der Waals surface area contributed by atoms with E-state index in [-0.39, 0.29) is 23.0 Å². The van der Waals surface area contributed by atoms with Gasteiger partial charge in [0.2, 0.25) is 5.91 Å². The third-order valence-electron chi connectivity index (χ3n) is 5.83. The molecule has 0 bridgehead atoms. The Morgan fingerprint density at radius 1 is 1.18 bits per heavy atom. The molecule has 0 atom stereocenters. The van der Waals surface area contributed by atoms with Crippen LogP contribution in [0.1, 0.15) is 42.4 Å². The first kappa shape index (κ1) is 22.8. The number of hydrogen-bond donors (Lipinski definition) is 1. The van der Waals surface area contributed by atoms with Gasteiger partial charge in [-0.15, -0.1) is 0 Å². The minimum absolute atomic E-state index is 0.0470. The van der Waals surface area contributed by atoms with Gasteiger partial charge >= 0.3 is 6.18 Å². The number of nitriles is 1. The second-order valence-corrected chi connectivity index (χ2v) is 8.38. The molecule has 1 fully saturated rings. The predicted molar refractivity (Wildman–Crippen MR) is 116 cm³/mol. The molecule has 1 aliphatic carbocycles. The molecule has 1 heterocycles. The highest BCUT2D eigenvalue weighted by Gasteiger charge is 2.49. The second kappa shape index (κ2) is 8.52. The molecule has 0 aromatic heterocycles. The van der Waals surface area contributed by atoms with Gasteiger partial charge in [-0.05, 0) is 56.0 Å². The number of carbonyl (C=O) groups excluding carboxylic acids is 2. The van der Waals surface area contributed by atoms with Gasteiger partial charge in [-0.3, -0.25) is 14.6 Å². The standard InChI is InChI=1S/C23H18ClF3N4O2/c24-17-8-7-16(23(25,26)27)11-18(17)29-19(32)13-31-21(33)20(30-22(31)9-1-2-10-22)15-5-3-14(12-28)4-6-15/h3-8,11H,1-2,9-10,13H2,(H,29,32). The fourth-order valence-electron chi connectivity index (χ4n) is 4.20. The van der Waals surface area contributed by atoms with E-state index in [2.05, 4.69) is 10.3 Å². The fourth-order valence-corrected chi connectivity index (χ4v) is 4.36. The molecule has 2 aromatic rings. The zero-order valence-electron chi connectivity index (χ0n) is 17.2. The number of halogens is 4. The third kappa shape index (κ3) is 4.44. The molecule has 10 heteroatoms. The van der Waals surface area contributed by atoms with Crippen LogP contribution in [-0.2, 0) is 15.8 Å². The van der Waals surface area contributed by atoms with Crippen molar-refractivity contribution in [1.29, 1.82) is 5.26 Å². The van der Waals surface area contributed by atoms with E-state index < -0.39 is 29.2 Å². The molecule has 1 N–H and O–H groups in total. The van der Waals surface area contributed by atoms with Crippen LogP contribution in [0.15, 0.2) is 47.5 Å². The number of alkyl halides is 3. The molecular weight excluding hydrogens is 457 g/mol. The molecule has 6 nitrogen and oxygen atoms in total. The van der Waals surface area contributed by atoms with Crippen LogP contribution in [0.2, 0.25) is 5.02 Å². The number of benzene rings is 2. The third-order valence-corrected chi connectivity index (χ3v) is 6.16. The van der Waals surface area contributed by atoms with E-state index in [1.807, 2.05) is 6.07 Å². The van der Waals surface area contributed by atoms with E-state index in [9.17, 15) is 22.8 Å². The van der Waals surface area contributed by atoms with Crippen LogP contribution >= 0.6 is 11.6 Å². The summed E-state index contributed by atoms with van der Waals surface area (Å²) in [4.78, 5) is 32.1. The molecule has 2 aliphatic rings. The first-order valence-electron chi connectivity index (χ1n) is 10.2. The lowest BCUT2D eigenvalue weighted by Gasteiger charge is -2.32. The number of nitrogens with zero attached hydrogens (tertiary/aromatic N) is 3. The van der Waals surface area contributed by atoms with Crippen molar-refractivity contribution in [2.45, 2.75) is 37.5 Å². The summed E-state index contributed by atoms with van der Waals surface area (Å²) in [6.45, 7) is -0.380.